The summed E-state index contributed by atoms with van der Waals surface area (Å²) in [7, 11) is 1.80. The fraction of sp³-hybridized carbons (Fsp3) is 0.130. The number of hydrogen-bond donors (Lipinski definition) is 3. The molecule has 0 aliphatic heterocycles. The summed E-state index contributed by atoms with van der Waals surface area (Å²) in [6.07, 6.45) is 1.74. The van der Waals surface area contributed by atoms with Crippen molar-refractivity contribution in [3.05, 3.63) is 75.8 Å². The Morgan fingerprint density at radius 3 is 2.66 bits per heavy atom. The minimum absolute atomic E-state index is 0.226. The standard InChI is InChI=1S/C23H19Cl2FN4OS/c1-12-19(6-14-10-28-22(27-2)9-20(14)29-12)13-4-17(26)8-18(5-13)30-32-21-7-16(24)3-15(11-31)23(21)25/h3-10,30-31H,11H2,1-2H3,(H,27,28). The fourth-order valence-corrected chi connectivity index (χ4v) is 4.66. The molecule has 0 radical (unpaired) electrons. The topological polar surface area (TPSA) is 70.1 Å². The lowest BCUT2D eigenvalue weighted by atomic mass is 10.0. The molecular weight excluding hydrogens is 470 g/mol. The highest BCUT2D eigenvalue weighted by atomic mass is 35.5. The molecule has 2 aromatic carbocycles. The van der Waals surface area contributed by atoms with Gasteiger partial charge in [-0.15, -0.1) is 0 Å². The Balaban J connectivity index is 1.66. The van der Waals surface area contributed by atoms with Crippen LogP contribution in [-0.4, -0.2) is 22.1 Å². The molecule has 4 aromatic rings. The number of hydrogen-bond acceptors (Lipinski definition) is 6. The van der Waals surface area contributed by atoms with Crippen LogP contribution in [0.15, 0.2) is 53.6 Å². The first-order valence-corrected chi connectivity index (χ1v) is 11.2. The van der Waals surface area contributed by atoms with Gasteiger partial charge >= 0.3 is 0 Å². The van der Waals surface area contributed by atoms with Crippen LogP contribution in [0.3, 0.4) is 0 Å². The summed E-state index contributed by atoms with van der Waals surface area (Å²) in [6.45, 7) is 1.67. The summed E-state index contributed by atoms with van der Waals surface area (Å²) in [5, 5.41) is 14.2. The first-order valence-electron chi connectivity index (χ1n) is 9.65. The van der Waals surface area contributed by atoms with E-state index in [9.17, 15) is 9.50 Å². The smallest absolute Gasteiger partial charge is 0.127 e. The molecule has 32 heavy (non-hydrogen) atoms. The van der Waals surface area contributed by atoms with Crippen LogP contribution in [0.2, 0.25) is 10.0 Å². The molecule has 164 valence electrons. The second-order valence-electron chi connectivity index (χ2n) is 7.10. The average molecular weight is 489 g/mol. The molecule has 0 saturated carbocycles. The number of anilines is 2. The fourth-order valence-electron chi connectivity index (χ4n) is 3.32. The number of pyridine rings is 2. The quantitative estimate of drug-likeness (QED) is 0.262. The second-order valence-corrected chi connectivity index (χ2v) is 8.76. The number of aliphatic hydroxyl groups is 1. The van der Waals surface area contributed by atoms with E-state index >= 15 is 0 Å². The molecule has 0 aliphatic carbocycles. The molecule has 2 heterocycles. The van der Waals surface area contributed by atoms with E-state index in [1.165, 1.54) is 24.1 Å². The molecular formula is C23H19Cl2FN4OS. The van der Waals surface area contributed by atoms with Gasteiger partial charge in [-0.25, -0.2) is 9.37 Å². The third-order valence-corrected chi connectivity index (χ3v) is 6.54. The van der Waals surface area contributed by atoms with Crippen molar-refractivity contribution in [2.45, 2.75) is 18.4 Å². The van der Waals surface area contributed by atoms with Gasteiger partial charge in [0.2, 0.25) is 0 Å². The highest BCUT2D eigenvalue weighted by Crippen LogP contribution is 2.35. The summed E-state index contributed by atoms with van der Waals surface area (Å²) in [5.74, 6) is 0.345. The van der Waals surface area contributed by atoms with E-state index in [2.05, 4.69) is 20.0 Å². The summed E-state index contributed by atoms with van der Waals surface area (Å²) in [6, 6.07) is 11.8. The van der Waals surface area contributed by atoms with Gasteiger partial charge in [0.15, 0.2) is 0 Å². The number of fused-ring (bicyclic) bond motifs is 1. The van der Waals surface area contributed by atoms with Crippen LogP contribution in [0.25, 0.3) is 22.0 Å². The molecule has 0 spiro atoms. The molecule has 0 unspecified atom stereocenters. The summed E-state index contributed by atoms with van der Waals surface area (Å²) in [5.41, 5.74) is 4.16. The highest BCUT2D eigenvalue weighted by Gasteiger charge is 2.12. The number of aromatic nitrogens is 2. The molecule has 2 aromatic heterocycles. The van der Waals surface area contributed by atoms with Gasteiger partial charge in [-0.1, -0.05) is 23.2 Å². The van der Waals surface area contributed by atoms with Gasteiger partial charge in [0, 0.05) is 51.6 Å². The van der Waals surface area contributed by atoms with Crippen LogP contribution in [-0.2, 0) is 6.61 Å². The van der Waals surface area contributed by atoms with Gasteiger partial charge in [-0.3, -0.25) is 4.98 Å². The van der Waals surface area contributed by atoms with Crippen molar-refractivity contribution in [2.24, 2.45) is 0 Å². The predicted molar refractivity (Wildman–Crippen MR) is 131 cm³/mol. The zero-order valence-electron chi connectivity index (χ0n) is 17.2. The van der Waals surface area contributed by atoms with Crippen molar-refractivity contribution < 1.29 is 9.50 Å². The summed E-state index contributed by atoms with van der Waals surface area (Å²) >= 11 is 13.6. The van der Waals surface area contributed by atoms with E-state index in [1.807, 2.05) is 25.1 Å². The van der Waals surface area contributed by atoms with E-state index in [0.29, 0.717) is 31.8 Å². The lowest BCUT2D eigenvalue weighted by Crippen LogP contribution is -1.96. The monoisotopic (exact) mass is 488 g/mol. The van der Waals surface area contributed by atoms with Crippen LogP contribution in [0.1, 0.15) is 11.3 Å². The van der Waals surface area contributed by atoms with Gasteiger partial charge in [0.25, 0.3) is 0 Å². The zero-order valence-corrected chi connectivity index (χ0v) is 19.5. The van der Waals surface area contributed by atoms with Crippen molar-refractivity contribution in [1.82, 2.24) is 9.97 Å². The Kier molecular flexibility index (Phi) is 6.71. The third-order valence-electron chi connectivity index (χ3n) is 4.88. The molecule has 5 nitrogen and oxygen atoms in total. The minimum atomic E-state index is -0.387. The maximum Gasteiger partial charge on any atom is 0.127 e. The summed E-state index contributed by atoms with van der Waals surface area (Å²) < 4.78 is 17.6. The Morgan fingerprint density at radius 2 is 1.91 bits per heavy atom. The van der Waals surface area contributed by atoms with Crippen LogP contribution < -0.4 is 10.0 Å². The maximum absolute atomic E-state index is 14.5. The van der Waals surface area contributed by atoms with Crippen LogP contribution >= 0.6 is 35.1 Å². The van der Waals surface area contributed by atoms with Crippen LogP contribution in [0.5, 0.6) is 0 Å². The van der Waals surface area contributed by atoms with Gasteiger partial charge in [0.05, 0.1) is 17.1 Å². The molecule has 9 heteroatoms. The molecule has 0 atom stereocenters. The lowest BCUT2D eigenvalue weighted by Gasteiger charge is -2.13. The molecule has 0 saturated heterocycles. The van der Waals surface area contributed by atoms with Crippen molar-refractivity contribution in [2.75, 3.05) is 17.1 Å². The first-order chi connectivity index (χ1) is 15.4. The number of aliphatic hydroxyl groups excluding tert-OH is 1. The van der Waals surface area contributed by atoms with E-state index in [-0.39, 0.29) is 12.4 Å². The van der Waals surface area contributed by atoms with Gasteiger partial charge in [0.1, 0.15) is 11.6 Å². The number of nitrogens with zero attached hydrogens (tertiary/aromatic N) is 2. The normalized spacial score (nSPS) is 11.1. The lowest BCUT2D eigenvalue weighted by molar-refractivity contribution is 0.281. The zero-order chi connectivity index (χ0) is 22.8. The predicted octanol–water partition coefficient (Wildman–Crippen LogP) is 6.70. The van der Waals surface area contributed by atoms with E-state index < -0.39 is 0 Å². The Hall–Kier alpha value is -2.58. The molecule has 0 amide bonds. The average Bonchev–Trinajstić information content (AvgIpc) is 2.78. The largest absolute Gasteiger partial charge is 0.392 e. The van der Waals surface area contributed by atoms with Crippen molar-refractivity contribution in [3.63, 3.8) is 0 Å². The summed E-state index contributed by atoms with van der Waals surface area (Å²) in [4.78, 5) is 9.63. The van der Waals surface area contributed by atoms with E-state index in [1.54, 1.807) is 25.4 Å². The number of rotatable bonds is 6. The molecule has 0 aliphatic rings. The molecule has 4 rings (SSSR count). The number of benzene rings is 2. The SMILES string of the molecule is CNc1cc2nc(C)c(-c3cc(F)cc(NSc4cc(Cl)cc(CO)c4Cl)c3)cc2cn1. The van der Waals surface area contributed by atoms with Crippen LogP contribution in [0.4, 0.5) is 15.9 Å². The van der Waals surface area contributed by atoms with Crippen molar-refractivity contribution in [3.8, 4) is 11.1 Å². The minimum Gasteiger partial charge on any atom is -0.392 e. The second kappa shape index (κ2) is 9.50. The van der Waals surface area contributed by atoms with Gasteiger partial charge in [-0.05, 0) is 66.4 Å². The number of aryl methyl sites for hydroxylation is 1. The third kappa shape index (κ3) is 4.76. The van der Waals surface area contributed by atoms with E-state index in [4.69, 9.17) is 23.2 Å². The van der Waals surface area contributed by atoms with E-state index in [0.717, 1.165) is 28.0 Å². The number of nitrogens with one attached hydrogen (secondary N) is 2. The van der Waals surface area contributed by atoms with Gasteiger partial charge in [-0.2, -0.15) is 0 Å². The Bertz CT molecular complexity index is 1320. The maximum atomic E-state index is 14.5. The van der Waals surface area contributed by atoms with Crippen molar-refractivity contribution in [1.29, 1.82) is 0 Å². The molecule has 3 N–H and O–H groups in total. The van der Waals surface area contributed by atoms with Crippen LogP contribution in [0, 0.1) is 12.7 Å². The molecule has 0 fully saturated rings. The Morgan fingerprint density at radius 1 is 1.09 bits per heavy atom. The van der Waals surface area contributed by atoms with Crippen molar-refractivity contribution >= 4 is 57.6 Å². The Labute approximate surface area is 199 Å². The number of halogens is 3. The highest BCUT2D eigenvalue weighted by molar-refractivity contribution is 8.00. The molecule has 0 bridgehead atoms. The van der Waals surface area contributed by atoms with Gasteiger partial charge < -0.3 is 15.1 Å². The first kappa shape index (κ1) is 22.6.